The van der Waals surface area contributed by atoms with Gasteiger partial charge in [0, 0.05) is 0 Å². The molecule has 0 saturated heterocycles. The second kappa shape index (κ2) is 7.93. The molecule has 2 nitrogen and oxygen atoms in total. The Morgan fingerprint density at radius 1 is 1.12 bits per heavy atom. The van der Waals surface area contributed by atoms with E-state index >= 15 is 0 Å². The Kier molecular flexibility index (Phi) is 6.45. The van der Waals surface area contributed by atoms with Crippen LogP contribution in [0.25, 0.3) is 0 Å². The molecule has 0 aliphatic heterocycles. The summed E-state index contributed by atoms with van der Waals surface area (Å²) in [5.41, 5.74) is 0. The number of para-hydroxylation sites is 1. The maximum Gasteiger partial charge on any atom is 0.196 e. The normalized spacial score (nSPS) is 10.5. The van der Waals surface area contributed by atoms with E-state index in [1.54, 1.807) is 0 Å². The molecule has 1 N–H and O–H groups in total. The van der Waals surface area contributed by atoms with Crippen LogP contribution in [0.3, 0.4) is 0 Å². The van der Waals surface area contributed by atoms with E-state index in [0.717, 1.165) is 12.8 Å². The van der Waals surface area contributed by atoms with Crippen LogP contribution in [0.1, 0.15) is 45.4 Å². The van der Waals surface area contributed by atoms with Crippen molar-refractivity contribution in [2.45, 2.75) is 45.4 Å². The molecule has 0 heterocycles. The quantitative estimate of drug-likeness (QED) is 0.687. The van der Waals surface area contributed by atoms with Gasteiger partial charge in [0.25, 0.3) is 0 Å². The highest BCUT2D eigenvalue weighted by Gasteiger charge is 2.07. The van der Waals surface area contributed by atoms with Gasteiger partial charge in [-0.3, -0.25) is 0 Å². The Hall–Kier alpha value is -1.25. The molecule has 0 amide bonds. The lowest BCUT2D eigenvalue weighted by molar-refractivity contribution is 0.274. The maximum absolute atomic E-state index is 13.2. The summed E-state index contributed by atoms with van der Waals surface area (Å²) in [4.78, 5) is 0. The van der Waals surface area contributed by atoms with Crippen LogP contribution in [-0.4, -0.2) is 11.7 Å². The molecule has 0 saturated carbocycles. The van der Waals surface area contributed by atoms with E-state index in [9.17, 15) is 9.50 Å². The van der Waals surface area contributed by atoms with Crippen molar-refractivity contribution in [2.75, 3.05) is 6.61 Å². The van der Waals surface area contributed by atoms with E-state index in [-0.39, 0.29) is 11.5 Å². The van der Waals surface area contributed by atoms with Crippen molar-refractivity contribution in [1.29, 1.82) is 0 Å². The highest BCUT2D eigenvalue weighted by atomic mass is 19.1. The Labute approximate surface area is 102 Å². The molecule has 0 aliphatic rings. The van der Waals surface area contributed by atoms with Gasteiger partial charge in [-0.25, -0.2) is 4.39 Å². The van der Waals surface area contributed by atoms with E-state index in [1.807, 2.05) is 0 Å². The van der Waals surface area contributed by atoms with Crippen LogP contribution in [0.4, 0.5) is 4.39 Å². The van der Waals surface area contributed by atoms with E-state index < -0.39 is 5.82 Å². The van der Waals surface area contributed by atoms with Crippen LogP contribution in [0.15, 0.2) is 18.2 Å². The van der Waals surface area contributed by atoms with Crippen LogP contribution in [0.5, 0.6) is 11.5 Å². The minimum atomic E-state index is -0.504. The number of phenols is 1. The number of hydrogen-bond acceptors (Lipinski definition) is 2. The first kappa shape index (κ1) is 13.8. The molecule has 0 aromatic heterocycles. The van der Waals surface area contributed by atoms with E-state index in [1.165, 1.54) is 43.9 Å². The number of aromatic hydroxyl groups is 1. The van der Waals surface area contributed by atoms with Gasteiger partial charge in [0.05, 0.1) is 6.61 Å². The van der Waals surface area contributed by atoms with Crippen LogP contribution in [-0.2, 0) is 0 Å². The van der Waals surface area contributed by atoms with Gasteiger partial charge in [-0.15, -0.1) is 0 Å². The minimum Gasteiger partial charge on any atom is -0.504 e. The second-order valence-electron chi connectivity index (χ2n) is 4.20. The third-order valence-electron chi connectivity index (χ3n) is 2.69. The van der Waals surface area contributed by atoms with Crippen LogP contribution >= 0.6 is 0 Å². The van der Waals surface area contributed by atoms with Crippen molar-refractivity contribution < 1.29 is 14.2 Å². The van der Waals surface area contributed by atoms with Crippen molar-refractivity contribution in [3.63, 3.8) is 0 Å². The van der Waals surface area contributed by atoms with Gasteiger partial charge in [-0.2, -0.15) is 0 Å². The number of ether oxygens (including phenoxy) is 1. The Morgan fingerprint density at radius 3 is 2.53 bits per heavy atom. The summed E-state index contributed by atoms with van der Waals surface area (Å²) < 4.78 is 18.5. The third kappa shape index (κ3) is 5.07. The van der Waals surface area contributed by atoms with E-state index in [2.05, 4.69) is 6.92 Å². The highest BCUT2D eigenvalue weighted by molar-refractivity contribution is 5.39. The second-order valence-corrected chi connectivity index (χ2v) is 4.20. The summed E-state index contributed by atoms with van der Waals surface area (Å²) in [6.45, 7) is 2.64. The van der Waals surface area contributed by atoms with E-state index in [0.29, 0.717) is 6.61 Å². The summed E-state index contributed by atoms with van der Waals surface area (Å²) in [5.74, 6) is -0.659. The molecule has 17 heavy (non-hydrogen) atoms. The fraction of sp³-hybridized carbons (Fsp3) is 0.571. The lowest BCUT2D eigenvalue weighted by Crippen LogP contribution is -1.99. The standard InChI is InChI=1S/C14H21FO2/c1-2-3-4-5-6-7-11-17-14-12(15)9-8-10-13(14)16/h8-10,16H,2-7,11H2,1H3. The first-order valence-electron chi connectivity index (χ1n) is 6.36. The Bertz CT molecular complexity index is 306. The lowest BCUT2D eigenvalue weighted by atomic mass is 10.1. The molecule has 0 spiro atoms. The number of phenolic OH excluding ortho intramolecular Hbond substituents is 1. The van der Waals surface area contributed by atoms with Crippen molar-refractivity contribution in [3.05, 3.63) is 24.0 Å². The van der Waals surface area contributed by atoms with Crippen molar-refractivity contribution in [3.8, 4) is 11.5 Å². The molecular weight excluding hydrogens is 219 g/mol. The number of rotatable bonds is 8. The van der Waals surface area contributed by atoms with Crippen molar-refractivity contribution in [2.24, 2.45) is 0 Å². The number of halogens is 1. The number of unbranched alkanes of at least 4 members (excludes halogenated alkanes) is 5. The van der Waals surface area contributed by atoms with Gasteiger partial charge in [0.15, 0.2) is 17.3 Å². The van der Waals surface area contributed by atoms with Crippen LogP contribution < -0.4 is 4.74 Å². The number of benzene rings is 1. The molecule has 3 heteroatoms. The fourth-order valence-corrected chi connectivity index (χ4v) is 1.70. The minimum absolute atomic E-state index is 0.0268. The summed E-state index contributed by atoms with van der Waals surface area (Å²) in [7, 11) is 0. The molecule has 0 aliphatic carbocycles. The molecule has 0 radical (unpaired) electrons. The molecule has 1 aromatic rings. The smallest absolute Gasteiger partial charge is 0.196 e. The first-order chi connectivity index (χ1) is 8.25. The molecule has 1 aromatic carbocycles. The molecule has 0 atom stereocenters. The zero-order chi connectivity index (χ0) is 12.5. The Morgan fingerprint density at radius 2 is 1.82 bits per heavy atom. The van der Waals surface area contributed by atoms with Crippen LogP contribution in [0, 0.1) is 5.82 Å². The maximum atomic E-state index is 13.2. The van der Waals surface area contributed by atoms with Crippen molar-refractivity contribution >= 4 is 0 Å². The van der Waals surface area contributed by atoms with E-state index in [4.69, 9.17) is 4.74 Å². The molecule has 96 valence electrons. The molecule has 0 fully saturated rings. The average Bonchev–Trinajstić information content (AvgIpc) is 2.31. The zero-order valence-electron chi connectivity index (χ0n) is 10.4. The summed E-state index contributed by atoms with van der Waals surface area (Å²) in [5, 5.41) is 9.40. The molecule has 0 bridgehead atoms. The summed E-state index contributed by atoms with van der Waals surface area (Å²) >= 11 is 0. The largest absolute Gasteiger partial charge is 0.504 e. The molecule has 0 unspecified atom stereocenters. The predicted molar refractivity (Wildman–Crippen MR) is 66.9 cm³/mol. The fourth-order valence-electron chi connectivity index (χ4n) is 1.70. The third-order valence-corrected chi connectivity index (χ3v) is 2.69. The molecular formula is C14H21FO2. The van der Waals surface area contributed by atoms with Crippen molar-refractivity contribution in [1.82, 2.24) is 0 Å². The van der Waals surface area contributed by atoms with Gasteiger partial charge >= 0.3 is 0 Å². The topological polar surface area (TPSA) is 29.5 Å². The van der Waals surface area contributed by atoms with Gasteiger partial charge in [-0.05, 0) is 18.6 Å². The molecule has 1 rings (SSSR count). The monoisotopic (exact) mass is 240 g/mol. The van der Waals surface area contributed by atoms with Gasteiger partial charge < -0.3 is 9.84 Å². The predicted octanol–water partition coefficient (Wildman–Crippen LogP) is 4.27. The van der Waals surface area contributed by atoms with Crippen LogP contribution in [0.2, 0.25) is 0 Å². The SMILES string of the molecule is CCCCCCCCOc1c(O)cccc1F. The first-order valence-corrected chi connectivity index (χ1v) is 6.36. The van der Waals surface area contributed by atoms with Gasteiger partial charge in [0.2, 0.25) is 0 Å². The number of hydrogen-bond donors (Lipinski definition) is 1. The highest BCUT2D eigenvalue weighted by Crippen LogP contribution is 2.28. The van der Waals surface area contributed by atoms with Gasteiger partial charge in [0.1, 0.15) is 0 Å². The van der Waals surface area contributed by atoms with Gasteiger partial charge in [-0.1, -0.05) is 45.1 Å². The lowest BCUT2D eigenvalue weighted by Gasteiger charge is -2.08. The zero-order valence-corrected chi connectivity index (χ0v) is 10.4. The summed E-state index contributed by atoms with van der Waals surface area (Å²) in [6, 6.07) is 4.18. The average molecular weight is 240 g/mol. The Balaban J connectivity index is 2.18. The summed E-state index contributed by atoms with van der Waals surface area (Å²) in [6.07, 6.45) is 6.95.